The van der Waals surface area contributed by atoms with E-state index < -0.39 is 102 Å². The molecule has 3 aliphatic heterocycles. The molecule has 3 aliphatic rings. The Morgan fingerprint density at radius 2 is 1.51 bits per heavy atom. The topological polar surface area (TPSA) is 303 Å². The van der Waals surface area contributed by atoms with E-state index in [1.54, 1.807) is 91.8 Å². The number of hydrogen-bond donors (Lipinski definition) is 9. The highest BCUT2D eigenvalue weighted by Gasteiger charge is 2.45. The first kappa shape index (κ1) is 60.2. The zero-order valence-electron chi connectivity index (χ0n) is 46.0. The van der Waals surface area contributed by atoms with E-state index in [9.17, 15) is 48.3 Å². The number of rotatable bonds is 9. The summed E-state index contributed by atoms with van der Waals surface area (Å²) in [5.41, 5.74) is 12.7. The maximum atomic E-state index is 14.4. The lowest BCUT2D eigenvalue weighted by Crippen LogP contribution is -2.58. The van der Waals surface area contributed by atoms with Gasteiger partial charge in [-0.2, -0.15) is 0 Å². The van der Waals surface area contributed by atoms with Gasteiger partial charge in [0.05, 0.1) is 40.5 Å². The summed E-state index contributed by atoms with van der Waals surface area (Å²) in [6.45, 7) is 9.05. The van der Waals surface area contributed by atoms with E-state index in [0.29, 0.717) is 17.0 Å². The molecule has 0 radical (unpaired) electrons. The third-order valence-corrected chi connectivity index (χ3v) is 16.8. The van der Waals surface area contributed by atoms with Gasteiger partial charge in [0.25, 0.3) is 5.91 Å². The van der Waals surface area contributed by atoms with Crippen molar-refractivity contribution < 1.29 is 48.3 Å². The Bertz CT molecular complexity index is 3250. The third-order valence-electron chi connectivity index (χ3n) is 14.5. The number of thiazole rings is 1. The van der Waals surface area contributed by atoms with Crippen LogP contribution in [0.5, 0.6) is 0 Å². The Balaban J connectivity index is 1.03. The van der Waals surface area contributed by atoms with Crippen LogP contribution in [0.4, 0.5) is 11.4 Å². The Hall–Kier alpha value is -7.86. The van der Waals surface area contributed by atoms with Crippen LogP contribution >= 0.6 is 34.7 Å². The van der Waals surface area contributed by atoms with E-state index in [4.69, 9.17) is 17.3 Å². The summed E-state index contributed by atoms with van der Waals surface area (Å²) in [5.74, 6) is -6.97. The molecule has 8 atom stereocenters. The largest absolute Gasteiger partial charge is 0.391 e. The van der Waals surface area contributed by atoms with Crippen LogP contribution in [0.3, 0.4) is 0 Å². The molecule has 0 spiro atoms. The minimum atomic E-state index is -1.56. The first-order chi connectivity index (χ1) is 38.9. The number of anilines is 2. The number of thioether (sulfide) groups is 1. The fourth-order valence-corrected chi connectivity index (χ4v) is 12.1. The van der Waals surface area contributed by atoms with Crippen LogP contribution in [0.25, 0.3) is 21.6 Å². The highest BCUT2D eigenvalue weighted by atomic mass is 35.5. The SMILES string of the molecule is CC(=O)N1c2ccc(-c3ccc(C(=O)NC[C@H]4NC(=O)CNC(=O)[C@@H](c5ccc(-c6scnc6C)cc5)NC(=O)[C@@H]5C[C@@H](O)CN5C(=O)[C@H](C(C)(C)C)NC(=O)CSC[C@H](C(N)=O)NC4=O)cc3)cc2C(Nc2ccc(Cl)cc2)C[C@@H]1C. The number of aliphatic hydroxyl groups is 1. The maximum Gasteiger partial charge on any atom is 0.251 e. The molecule has 1 unspecified atom stereocenters. The van der Waals surface area contributed by atoms with E-state index in [1.165, 1.54) is 23.2 Å². The van der Waals surface area contributed by atoms with Crippen molar-refractivity contribution in [2.24, 2.45) is 11.1 Å². The predicted molar refractivity (Wildman–Crippen MR) is 313 cm³/mol. The Morgan fingerprint density at radius 1 is 0.829 bits per heavy atom. The highest BCUT2D eigenvalue weighted by molar-refractivity contribution is 8.00. The minimum absolute atomic E-state index is 0.0864. The third kappa shape index (κ3) is 14.4. The quantitative estimate of drug-likeness (QED) is 0.100. The van der Waals surface area contributed by atoms with Crippen LogP contribution in [0.2, 0.25) is 5.02 Å². The highest BCUT2D eigenvalue weighted by Crippen LogP contribution is 2.41. The summed E-state index contributed by atoms with van der Waals surface area (Å²) in [6.07, 6.45) is -0.669. The fraction of sp³-hybridized carbons (Fsp3) is 0.379. The molecular formula is C58H66ClN11O10S2. The molecule has 5 aromatic rings. The number of hydrogen-bond acceptors (Lipinski definition) is 14. The van der Waals surface area contributed by atoms with Gasteiger partial charge in [-0.1, -0.05) is 74.8 Å². The number of nitrogens with zero attached hydrogens (tertiary/aromatic N) is 3. The average Bonchev–Trinajstić information content (AvgIpc) is 4.03. The molecule has 21 nitrogen and oxygen atoms in total. The molecule has 2 fully saturated rings. The number of nitrogens with one attached hydrogen (secondary N) is 7. The van der Waals surface area contributed by atoms with E-state index in [0.717, 1.165) is 56.0 Å². The predicted octanol–water partition coefficient (Wildman–Crippen LogP) is 4.14. The summed E-state index contributed by atoms with van der Waals surface area (Å²) in [6, 6.07) is 19.5. The van der Waals surface area contributed by atoms with Gasteiger partial charge in [0.1, 0.15) is 30.2 Å². The van der Waals surface area contributed by atoms with Crippen LogP contribution in [-0.4, -0.2) is 136 Å². The molecule has 9 amide bonds. The van der Waals surface area contributed by atoms with Crippen molar-refractivity contribution in [3.8, 4) is 21.6 Å². The molecular weight excluding hydrogens is 1110 g/mol. The van der Waals surface area contributed by atoms with Crippen molar-refractivity contribution in [3.05, 3.63) is 124 Å². The van der Waals surface area contributed by atoms with Gasteiger partial charge in [0.15, 0.2) is 0 Å². The molecule has 4 aromatic carbocycles. The van der Waals surface area contributed by atoms with Gasteiger partial charge in [0, 0.05) is 60.2 Å². The Labute approximate surface area is 487 Å². The van der Waals surface area contributed by atoms with Crippen molar-refractivity contribution in [2.75, 3.05) is 41.4 Å². The summed E-state index contributed by atoms with van der Waals surface area (Å²) >= 11 is 8.50. The Kier molecular flexibility index (Phi) is 19.1. The van der Waals surface area contributed by atoms with Crippen LogP contribution in [0.15, 0.2) is 96.5 Å². The molecule has 10 N–H and O–H groups in total. The number of carbonyl (C=O) groups is 9. The second-order valence-electron chi connectivity index (χ2n) is 21.6. The number of primary amides is 1. The van der Waals surface area contributed by atoms with Gasteiger partial charge < -0.3 is 57.9 Å². The van der Waals surface area contributed by atoms with Crippen molar-refractivity contribution in [1.82, 2.24) is 41.8 Å². The van der Waals surface area contributed by atoms with Gasteiger partial charge >= 0.3 is 0 Å². The van der Waals surface area contributed by atoms with Gasteiger partial charge in [-0.15, -0.1) is 23.1 Å². The maximum absolute atomic E-state index is 14.4. The second kappa shape index (κ2) is 25.9. The van der Waals surface area contributed by atoms with Crippen LogP contribution in [-0.2, 0) is 38.4 Å². The lowest BCUT2D eigenvalue weighted by molar-refractivity contribution is -0.144. The number of fused-ring (bicyclic) bond motifs is 2. The number of halogens is 1. The van der Waals surface area contributed by atoms with Crippen LogP contribution < -0.4 is 47.9 Å². The number of aliphatic hydroxyl groups excluding tert-OH is 1. The standard InChI is InChI=1S/C58H66ClN11O10S2/c1-30-21-42(64-39-18-16-38(59)17-19-39)41-22-37(15-20-45(41)70(30)32(3)71)33-7-13-36(14-8-33)53(76)61-24-43-54(77)66-44(52(60)75)27-81-28-48(74)67-51(58(4,5)6)57(80)69-26-40(72)23-46(69)55(78)68-49(56(79)62-25-47(73)65-43)34-9-11-35(12-10-34)50-31(2)63-29-82-50/h7-20,22,29-30,40,42-44,46,49,51,64,72H,21,23-28H2,1-6H3,(H2,60,75)(H,61,76)(H,62,79)(H,65,73)(H,66,77)(H,67,74)(H,68,78)/t30-,40+,42?,43+,44+,46-,49+,51+/m0/s1. The molecule has 8 rings (SSSR count). The van der Waals surface area contributed by atoms with Gasteiger partial charge in [0.2, 0.25) is 47.3 Å². The lowest BCUT2D eigenvalue weighted by atomic mass is 9.85. The minimum Gasteiger partial charge on any atom is -0.391 e. The summed E-state index contributed by atoms with van der Waals surface area (Å²) in [7, 11) is 0. The van der Waals surface area contributed by atoms with Crippen molar-refractivity contribution >= 4 is 99.2 Å². The second-order valence-corrected chi connectivity index (χ2v) is 24.0. The number of carbonyl (C=O) groups excluding carboxylic acids is 9. The van der Waals surface area contributed by atoms with Gasteiger partial charge in [-0.25, -0.2) is 4.98 Å². The van der Waals surface area contributed by atoms with E-state index >= 15 is 0 Å². The monoisotopic (exact) mass is 1180 g/mol. The number of aromatic nitrogens is 1. The molecule has 0 saturated carbocycles. The van der Waals surface area contributed by atoms with E-state index in [1.807, 2.05) is 44.2 Å². The summed E-state index contributed by atoms with van der Waals surface area (Å²) < 4.78 is 0. The summed E-state index contributed by atoms with van der Waals surface area (Å²) in [4.78, 5) is 132. The van der Waals surface area contributed by atoms with E-state index in [2.05, 4.69) is 42.2 Å². The zero-order valence-corrected chi connectivity index (χ0v) is 48.4. The molecule has 0 aliphatic carbocycles. The zero-order chi connectivity index (χ0) is 59.2. The van der Waals surface area contributed by atoms with Crippen molar-refractivity contribution in [3.63, 3.8) is 0 Å². The normalized spacial score (nSPS) is 23.4. The Morgan fingerprint density at radius 3 is 2.16 bits per heavy atom. The van der Waals surface area contributed by atoms with Gasteiger partial charge in [-0.05, 0) is 102 Å². The van der Waals surface area contributed by atoms with Crippen molar-refractivity contribution in [2.45, 2.75) is 103 Å². The molecule has 0 bridgehead atoms. The molecule has 2 saturated heterocycles. The van der Waals surface area contributed by atoms with Crippen LogP contribution in [0, 0.1) is 12.3 Å². The first-order valence-electron chi connectivity index (χ1n) is 26.6. The molecule has 1 aromatic heterocycles. The number of aryl methyl sites for hydroxylation is 1. The first-order valence-corrected chi connectivity index (χ1v) is 29.0. The van der Waals surface area contributed by atoms with Crippen molar-refractivity contribution in [1.29, 1.82) is 0 Å². The average molecular weight is 1180 g/mol. The van der Waals surface area contributed by atoms with Crippen LogP contribution in [0.1, 0.15) is 86.7 Å². The lowest BCUT2D eigenvalue weighted by Gasteiger charge is -2.39. The molecule has 24 heteroatoms. The molecule has 432 valence electrons. The number of amides is 9. The van der Waals surface area contributed by atoms with E-state index in [-0.39, 0.29) is 48.0 Å². The summed E-state index contributed by atoms with van der Waals surface area (Å²) in [5, 5.41) is 30.8. The number of benzene rings is 4. The smallest absolute Gasteiger partial charge is 0.251 e. The fourth-order valence-electron chi connectivity index (χ4n) is 10.2. The molecule has 82 heavy (non-hydrogen) atoms. The van der Waals surface area contributed by atoms with Gasteiger partial charge in [-0.3, -0.25) is 43.2 Å². The number of nitrogens with two attached hydrogens (primary N) is 1. The molecule has 4 heterocycles.